The van der Waals surface area contributed by atoms with Gasteiger partial charge in [-0.25, -0.2) is 0 Å². The average molecular weight is 356 g/mol. The van der Waals surface area contributed by atoms with Gasteiger partial charge in [0.15, 0.2) is 11.8 Å². The van der Waals surface area contributed by atoms with Crippen LogP contribution in [0.15, 0.2) is 47.2 Å². The normalized spacial score (nSPS) is 21.4. The van der Waals surface area contributed by atoms with Crippen molar-refractivity contribution < 1.29 is 14.4 Å². The molecule has 2 amide bonds. The zero-order valence-corrected chi connectivity index (χ0v) is 14.1. The maximum absolute atomic E-state index is 12.5. The molecule has 2 atom stereocenters. The van der Waals surface area contributed by atoms with Gasteiger partial charge in [-0.3, -0.25) is 14.6 Å². The Bertz CT molecular complexity index is 807. The number of carbonyl (C=O) groups is 2. The Hall–Kier alpha value is -2.74. The average Bonchev–Trinajstić information content (AvgIpc) is 3.36. The number of hydrogen-bond acceptors (Lipinski definition) is 6. The molecule has 2 aromatic heterocycles. The number of thiophene rings is 1. The largest absolute Gasteiger partial charge is 0.389 e. The summed E-state index contributed by atoms with van der Waals surface area (Å²) >= 11 is 1.41. The van der Waals surface area contributed by atoms with Crippen LogP contribution in [0.4, 0.5) is 0 Å². The minimum absolute atomic E-state index is 0.0249. The molecular formula is C17H16N4O3S. The fourth-order valence-electron chi connectivity index (χ4n) is 3.04. The lowest BCUT2D eigenvalue weighted by Crippen LogP contribution is -2.37. The standard InChI is InChI=1S/C17H16N4O3S/c22-16(19-8-11-3-1-5-18-7-11)15-12-9-21(10-13(12)24-20-15)17(23)14-4-2-6-25-14/h1-7,12-13H,8-10H2,(H,19,22)/t12-,13+/m0/s1. The van der Waals surface area contributed by atoms with Gasteiger partial charge in [0, 0.05) is 25.5 Å². The van der Waals surface area contributed by atoms with E-state index in [1.165, 1.54) is 11.3 Å². The molecule has 8 heteroatoms. The summed E-state index contributed by atoms with van der Waals surface area (Å²) in [6.07, 6.45) is 3.14. The maximum atomic E-state index is 12.5. The number of nitrogens with zero attached hydrogens (tertiary/aromatic N) is 3. The van der Waals surface area contributed by atoms with Crippen molar-refractivity contribution in [2.75, 3.05) is 13.1 Å². The molecule has 0 spiro atoms. The molecule has 2 aromatic rings. The van der Waals surface area contributed by atoms with E-state index in [9.17, 15) is 9.59 Å². The van der Waals surface area contributed by atoms with Crippen molar-refractivity contribution in [3.05, 3.63) is 52.5 Å². The molecule has 0 saturated carbocycles. The summed E-state index contributed by atoms with van der Waals surface area (Å²) in [4.78, 5) is 36.7. The summed E-state index contributed by atoms with van der Waals surface area (Å²) in [5.41, 5.74) is 1.27. The second-order valence-electron chi connectivity index (χ2n) is 5.96. The number of amides is 2. The Balaban J connectivity index is 1.38. The van der Waals surface area contributed by atoms with Crippen molar-refractivity contribution in [1.82, 2.24) is 15.2 Å². The summed E-state index contributed by atoms with van der Waals surface area (Å²) in [5, 5.41) is 8.65. The van der Waals surface area contributed by atoms with Crippen LogP contribution in [0.1, 0.15) is 15.2 Å². The minimum atomic E-state index is -0.262. The molecule has 2 aliphatic heterocycles. The van der Waals surface area contributed by atoms with Gasteiger partial charge in [0.25, 0.3) is 11.8 Å². The summed E-state index contributed by atoms with van der Waals surface area (Å²) in [6.45, 7) is 1.27. The molecule has 4 heterocycles. The van der Waals surface area contributed by atoms with Crippen molar-refractivity contribution in [1.29, 1.82) is 0 Å². The van der Waals surface area contributed by atoms with E-state index >= 15 is 0 Å². The lowest BCUT2D eigenvalue weighted by Gasteiger charge is -2.15. The van der Waals surface area contributed by atoms with E-state index in [4.69, 9.17) is 4.84 Å². The summed E-state index contributed by atoms with van der Waals surface area (Å²) < 4.78 is 0. The first-order chi connectivity index (χ1) is 12.2. The van der Waals surface area contributed by atoms with Crippen molar-refractivity contribution in [2.24, 2.45) is 11.1 Å². The van der Waals surface area contributed by atoms with E-state index in [2.05, 4.69) is 15.5 Å². The molecule has 2 aliphatic rings. The fourth-order valence-corrected chi connectivity index (χ4v) is 3.73. The highest BCUT2D eigenvalue weighted by atomic mass is 32.1. The minimum Gasteiger partial charge on any atom is -0.389 e. The second-order valence-corrected chi connectivity index (χ2v) is 6.91. The Morgan fingerprint density at radius 1 is 1.32 bits per heavy atom. The number of pyridine rings is 1. The predicted molar refractivity (Wildman–Crippen MR) is 92.1 cm³/mol. The van der Waals surface area contributed by atoms with Crippen LogP contribution in [-0.4, -0.2) is 46.6 Å². The molecule has 0 aliphatic carbocycles. The number of likely N-dealkylation sites (tertiary alicyclic amines) is 1. The first-order valence-corrected chi connectivity index (χ1v) is 8.84. The van der Waals surface area contributed by atoms with Crippen LogP contribution in [0.3, 0.4) is 0 Å². The first-order valence-electron chi connectivity index (χ1n) is 7.96. The summed E-state index contributed by atoms with van der Waals surface area (Å²) in [7, 11) is 0. The third-order valence-corrected chi connectivity index (χ3v) is 5.19. The van der Waals surface area contributed by atoms with Gasteiger partial charge < -0.3 is 15.1 Å². The Morgan fingerprint density at radius 3 is 3.00 bits per heavy atom. The van der Waals surface area contributed by atoms with Crippen LogP contribution in [-0.2, 0) is 16.2 Å². The van der Waals surface area contributed by atoms with Crippen LogP contribution < -0.4 is 5.32 Å². The van der Waals surface area contributed by atoms with Gasteiger partial charge in [0.1, 0.15) is 0 Å². The molecular weight excluding hydrogens is 340 g/mol. The summed E-state index contributed by atoms with van der Waals surface area (Å²) in [5.74, 6) is -0.470. The van der Waals surface area contributed by atoms with Crippen molar-refractivity contribution in [3.63, 3.8) is 0 Å². The molecule has 25 heavy (non-hydrogen) atoms. The monoisotopic (exact) mass is 356 g/mol. The van der Waals surface area contributed by atoms with Gasteiger partial charge in [-0.15, -0.1) is 11.3 Å². The Morgan fingerprint density at radius 2 is 2.24 bits per heavy atom. The molecule has 1 N–H and O–H groups in total. The number of hydrogen-bond donors (Lipinski definition) is 1. The predicted octanol–water partition coefficient (Wildman–Crippen LogP) is 1.29. The van der Waals surface area contributed by atoms with Crippen LogP contribution >= 0.6 is 11.3 Å². The number of oxime groups is 1. The SMILES string of the molecule is O=C(NCc1cccnc1)C1=NO[C@@H]2CN(C(=O)c3cccs3)C[C@H]12. The van der Waals surface area contributed by atoms with E-state index in [1.807, 2.05) is 23.6 Å². The number of aromatic nitrogens is 1. The molecule has 0 radical (unpaired) electrons. The Labute approximate surface area is 148 Å². The molecule has 0 unspecified atom stereocenters. The van der Waals surface area contributed by atoms with Gasteiger partial charge >= 0.3 is 0 Å². The van der Waals surface area contributed by atoms with Gasteiger partial charge in [0.2, 0.25) is 0 Å². The van der Waals surface area contributed by atoms with Gasteiger partial charge in [-0.1, -0.05) is 17.3 Å². The van der Waals surface area contributed by atoms with Gasteiger partial charge in [-0.05, 0) is 23.1 Å². The van der Waals surface area contributed by atoms with E-state index in [-0.39, 0.29) is 23.8 Å². The summed E-state index contributed by atoms with van der Waals surface area (Å²) in [6, 6.07) is 7.36. The van der Waals surface area contributed by atoms with Crippen molar-refractivity contribution in [3.8, 4) is 0 Å². The molecule has 1 fully saturated rings. The highest BCUT2D eigenvalue weighted by Gasteiger charge is 2.46. The molecule has 7 nitrogen and oxygen atoms in total. The van der Waals surface area contributed by atoms with Crippen LogP contribution in [0.5, 0.6) is 0 Å². The fraction of sp³-hybridized carbons (Fsp3) is 0.294. The lowest BCUT2D eigenvalue weighted by molar-refractivity contribution is -0.115. The quantitative estimate of drug-likeness (QED) is 0.895. The van der Waals surface area contributed by atoms with E-state index in [0.717, 1.165) is 5.56 Å². The topological polar surface area (TPSA) is 83.9 Å². The van der Waals surface area contributed by atoms with Crippen molar-refractivity contribution >= 4 is 28.9 Å². The Kier molecular flexibility index (Phi) is 4.19. The van der Waals surface area contributed by atoms with Gasteiger partial charge in [-0.2, -0.15) is 0 Å². The third-order valence-electron chi connectivity index (χ3n) is 4.33. The van der Waals surface area contributed by atoms with Crippen LogP contribution in [0, 0.1) is 5.92 Å². The highest BCUT2D eigenvalue weighted by molar-refractivity contribution is 7.12. The molecule has 128 valence electrons. The van der Waals surface area contributed by atoms with Crippen LogP contribution in [0.2, 0.25) is 0 Å². The third kappa shape index (κ3) is 3.12. The molecule has 0 aromatic carbocycles. The van der Waals surface area contributed by atoms with E-state index < -0.39 is 0 Å². The number of fused-ring (bicyclic) bond motifs is 1. The highest BCUT2D eigenvalue weighted by Crippen LogP contribution is 2.29. The zero-order valence-electron chi connectivity index (χ0n) is 13.3. The zero-order chi connectivity index (χ0) is 17.2. The number of nitrogens with one attached hydrogen (secondary N) is 1. The first kappa shape index (κ1) is 15.8. The van der Waals surface area contributed by atoms with Crippen molar-refractivity contribution in [2.45, 2.75) is 12.6 Å². The molecule has 0 bridgehead atoms. The van der Waals surface area contributed by atoms with E-state index in [1.54, 1.807) is 23.4 Å². The van der Waals surface area contributed by atoms with Gasteiger partial charge in [0.05, 0.1) is 17.3 Å². The molecule has 4 rings (SSSR count). The van der Waals surface area contributed by atoms with E-state index in [0.29, 0.717) is 30.2 Å². The number of carbonyl (C=O) groups excluding carboxylic acids is 2. The second kappa shape index (κ2) is 6.64. The molecule has 1 saturated heterocycles. The van der Waals surface area contributed by atoms with Crippen LogP contribution in [0.25, 0.3) is 0 Å². The smallest absolute Gasteiger partial charge is 0.269 e. The number of rotatable bonds is 4. The lowest BCUT2D eigenvalue weighted by atomic mass is 10.0. The maximum Gasteiger partial charge on any atom is 0.269 e.